The van der Waals surface area contributed by atoms with Gasteiger partial charge in [0.25, 0.3) is 0 Å². The minimum absolute atomic E-state index is 0.167. The second-order valence-electron chi connectivity index (χ2n) is 3.84. The van der Waals surface area contributed by atoms with Crippen molar-refractivity contribution in [2.75, 3.05) is 0 Å². The Bertz CT molecular complexity index is 178. The highest BCUT2D eigenvalue weighted by Gasteiger charge is 2.43. The van der Waals surface area contributed by atoms with E-state index in [0.717, 1.165) is 12.8 Å². The summed E-state index contributed by atoms with van der Waals surface area (Å²) in [5, 5.41) is 3.05. The molecule has 0 unspecified atom stereocenters. The first-order chi connectivity index (χ1) is 4.70. The van der Waals surface area contributed by atoms with Crippen molar-refractivity contribution in [2.45, 2.75) is 38.1 Å². The van der Waals surface area contributed by atoms with Crippen molar-refractivity contribution in [2.24, 2.45) is 5.92 Å². The van der Waals surface area contributed by atoms with Crippen molar-refractivity contribution < 1.29 is 4.79 Å². The molecule has 1 saturated heterocycles. The SMILES string of the molecule is C[C@]12CCC[C@H](C1)C(=O)N2. The van der Waals surface area contributed by atoms with E-state index in [1.54, 1.807) is 0 Å². The van der Waals surface area contributed by atoms with Crippen LogP contribution in [0.2, 0.25) is 0 Å². The fraction of sp³-hybridized carbons (Fsp3) is 0.875. The van der Waals surface area contributed by atoms with E-state index in [-0.39, 0.29) is 5.54 Å². The fourth-order valence-corrected chi connectivity index (χ4v) is 2.22. The predicted molar refractivity (Wildman–Crippen MR) is 38.5 cm³/mol. The van der Waals surface area contributed by atoms with E-state index in [1.165, 1.54) is 12.8 Å². The molecule has 1 amide bonds. The van der Waals surface area contributed by atoms with Crippen LogP contribution in [0.4, 0.5) is 0 Å². The Hall–Kier alpha value is -0.530. The molecule has 0 spiro atoms. The Morgan fingerprint density at radius 3 is 3.10 bits per heavy atom. The van der Waals surface area contributed by atoms with Gasteiger partial charge in [-0.2, -0.15) is 0 Å². The zero-order valence-electron chi connectivity index (χ0n) is 6.31. The van der Waals surface area contributed by atoms with Crippen LogP contribution in [0.1, 0.15) is 32.6 Å². The van der Waals surface area contributed by atoms with Gasteiger partial charge in [0, 0.05) is 11.5 Å². The van der Waals surface area contributed by atoms with E-state index in [0.29, 0.717) is 11.8 Å². The summed E-state index contributed by atoms with van der Waals surface area (Å²) in [7, 11) is 0. The third kappa shape index (κ3) is 0.746. The summed E-state index contributed by atoms with van der Waals surface area (Å²) in [5.74, 6) is 0.638. The minimum atomic E-state index is 0.167. The van der Waals surface area contributed by atoms with Gasteiger partial charge in [0.15, 0.2) is 0 Å². The van der Waals surface area contributed by atoms with Gasteiger partial charge in [-0.3, -0.25) is 4.79 Å². The van der Waals surface area contributed by atoms with Crippen molar-refractivity contribution >= 4 is 5.91 Å². The Kier molecular flexibility index (Phi) is 1.08. The average molecular weight is 139 g/mol. The van der Waals surface area contributed by atoms with Crippen molar-refractivity contribution in [1.29, 1.82) is 0 Å². The third-order valence-corrected chi connectivity index (χ3v) is 2.77. The van der Waals surface area contributed by atoms with Gasteiger partial charge in [-0.25, -0.2) is 0 Å². The van der Waals surface area contributed by atoms with Crippen LogP contribution in [0.15, 0.2) is 0 Å². The molecule has 2 rings (SSSR count). The van der Waals surface area contributed by atoms with Crippen LogP contribution >= 0.6 is 0 Å². The van der Waals surface area contributed by atoms with Gasteiger partial charge < -0.3 is 5.32 Å². The van der Waals surface area contributed by atoms with E-state index >= 15 is 0 Å². The predicted octanol–water partition coefficient (Wildman–Crippen LogP) is 1.07. The Morgan fingerprint density at radius 2 is 2.50 bits per heavy atom. The monoisotopic (exact) mass is 139 g/mol. The summed E-state index contributed by atoms with van der Waals surface area (Å²) in [6.07, 6.45) is 4.59. The molecule has 1 aliphatic carbocycles. The highest BCUT2D eigenvalue weighted by molar-refractivity contribution is 5.82. The maximum absolute atomic E-state index is 11.1. The second-order valence-corrected chi connectivity index (χ2v) is 3.84. The molecule has 2 atom stereocenters. The van der Waals surface area contributed by atoms with Crippen LogP contribution in [0, 0.1) is 5.92 Å². The summed E-state index contributed by atoms with van der Waals surface area (Å²) in [4.78, 5) is 11.1. The summed E-state index contributed by atoms with van der Waals surface area (Å²) >= 11 is 0. The topological polar surface area (TPSA) is 29.1 Å². The molecule has 1 N–H and O–H groups in total. The molecule has 2 aliphatic rings. The van der Waals surface area contributed by atoms with Gasteiger partial charge in [-0.1, -0.05) is 6.42 Å². The van der Waals surface area contributed by atoms with Crippen LogP contribution in [-0.2, 0) is 4.79 Å². The first kappa shape index (κ1) is 6.20. The summed E-state index contributed by atoms with van der Waals surface area (Å²) in [5.41, 5.74) is 0.167. The number of nitrogens with one attached hydrogen (secondary N) is 1. The largest absolute Gasteiger partial charge is 0.351 e. The van der Waals surface area contributed by atoms with E-state index in [9.17, 15) is 4.79 Å². The number of carbonyl (C=O) groups is 1. The maximum Gasteiger partial charge on any atom is 0.223 e. The van der Waals surface area contributed by atoms with E-state index in [1.807, 2.05) is 0 Å². The Balaban J connectivity index is 2.23. The number of hydrogen-bond acceptors (Lipinski definition) is 1. The molecule has 0 aromatic rings. The summed E-state index contributed by atoms with van der Waals surface area (Å²) < 4.78 is 0. The lowest BCUT2D eigenvalue weighted by Gasteiger charge is -2.26. The molecule has 2 nitrogen and oxygen atoms in total. The standard InChI is InChI=1S/C8H13NO/c1-8-4-2-3-6(5-8)7(10)9-8/h6H,2-5H2,1H3,(H,9,10)/t6-,8+/m1/s1. The molecule has 10 heavy (non-hydrogen) atoms. The van der Waals surface area contributed by atoms with Gasteiger partial charge in [0.05, 0.1) is 0 Å². The van der Waals surface area contributed by atoms with Crippen molar-refractivity contribution in [1.82, 2.24) is 5.32 Å². The molecule has 2 fully saturated rings. The molecular formula is C8H13NO. The lowest BCUT2D eigenvalue weighted by Crippen LogP contribution is -2.37. The van der Waals surface area contributed by atoms with Gasteiger partial charge in [0.1, 0.15) is 0 Å². The third-order valence-electron chi connectivity index (χ3n) is 2.77. The molecule has 56 valence electrons. The quantitative estimate of drug-likeness (QED) is 0.534. The van der Waals surface area contributed by atoms with Crippen molar-refractivity contribution in [3.8, 4) is 0 Å². The molecule has 0 aromatic heterocycles. The van der Waals surface area contributed by atoms with E-state index < -0.39 is 0 Å². The Morgan fingerprint density at radius 1 is 1.70 bits per heavy atom. The zero-order valence-corrected chi connectivity index (χ0v) is 6.31. The zero-order chi connectivity index (χ0) is 7.19. The van der Waals surface area contributed by atoms with Gasteiger partial charge in [-0.15, -0.1) is 0 Å². The van der Waals surface area contributed by atoms with Crippen LogP contribution in [0.25, 0.3) is 0 Å². The van der Waals surface area contributed by atoms with E-state index in [4.69, 9.17) is 0 Å². The normalized spacial score (nSPS) is 45.3. The highest BCUT2D eigenvalue weighted by atomic mass is 16.2. The first-order valence-corrected chi connectivity index (χ1v) is 4.02. The number of rotatable bonds is 0. The number of fused-ring (bicyclic) bond motifs is 2. The highest BCUT2D eigenvalue weighted by Crippen LogP contribution is 2.37. The van der Waals surface area contributed by atoms with Gasteiger partial charge in [-0.05, 0) is 26.2 Å². The van der Waals surface area contributed by atoms with Crippen LogP contribution < -0.4 is 5.32 Å². The fourth-order valence-electron chi connectivity index (χ4n) is 2.22. The molecule has 0 aromatic carbocycles. The van der Waals surface area contributed by atoms with Crippen LogP contribution in [0.3, 0.4) is 0 Å². The number of amides is 1. The lowest BCUT2D eigenvalue weighted by molar-refractivity contribution is -0.122. The maximum atomic E-state index is 11.1. The van der Waals surface area contributed by atoms with Gasteiger partial charge in [0.2, 0.25) is 5.91 Å². The second kappa shape index (κ2) is 1.74. The van der Waals surface area contributed by atoms with Crippen LogP contribution in [0.5, 0.6) is 0 Å². The minimum Gasteiger partial charge on any atom is -0.351 e. The summed E-state index contributed by atoms with van der Waals surface area (Å²) in [6.45, 7) is 2.16. The van der Waals surface area contributed by atoms with E-state index in [2.05, 4.69) is 12.2 Å². The summed E-state index contributed by atoms with van der Waals surface area (Å²) in [6, 6.07) is 0. The lowest BCUT2D eigenvalue weighted by atomic mass is 9.81. The number of hydrogen-bond donors (Lipinski definition) is 1. The Labute approximate surface area is 61.0 Å². The molecule has 2 bridgehead atoms. The molecule has 1 saturated carbocycles. The number of carbonyl (C=O) groups excluding carboxylic acids is 1. The van der Waals surface area contributed by atoms with Gasteiger partial charge >= 0.3 is 0 Å². The van der Waals surface area contributed by atoms with Crippen LogP contribution in [-0.4, -0.2) is 11.4 Å². The molecule has 2 heteroatoms. The molecular weight excluding hydrogens is 126 g/mol. The molecule has 1 heterocycles. The van der Waals surface area contributed by atoms with Crippen molar-refractivity contribution in [3.05, 3.63) is 0 Å². The van der Waals surface area contributed by atoms with Crippen molar-refractivity contribution in [3.63, 3.8) is 0 Å². The molecule has 1 aliphatic heterocycles. The average Bonchev–Trinajstić information content (AvgIpc) is 2.03. The smallest absolute Gasteiger partial charge is 0.223 e. The first-order valence-electron chi connectivity index (χ1n) is 4.02. The molecule has 0 radical (unpaired) electrons.